The summed E-state index contributed by atoms with van der Waals surface area (Å²) in [5, 5.41) is 11.5. The molecule has 3 amide bonds. The van der Waals surface area contributed by atoms with Gasteiger partial charge in [-0.2, -0.15) is 0 Å². The van der Waals surface area contributed by atoms with E-state index in [-0.39, 0.29) is 5.70 Å². The minimum absolute atomic E-state index is 0.0357. The van der Waals surface area contributed by atoms with E-state index in [0.717, 1.165) is 0 Å². The molecule has 1 aromatic rings. The average Bonchev–Trinajstić information content (AvgIpc) is 2.60. The third-order valence-electron chi connectivity index (χ3n) is 2.44. The fraction of sp³-hybridized carbons (Fsp3) is 0.0833. The summed E-state index contributed by atoms with van der Waals surface area (Å²) < 4.78 is 0. The number of carboxylic acid groups (broad SMARTS) is 1. The highest BCUT2D eigenvalue weighted by Crippen LogP contribution is 2.15. The Hall–Kier alpha value is -2.34. The van der Waals surface area contributed by atoms with Crippen molar-refractivity contribution in [2.45, 2.75) is 0 Å². The molecule has 0 aliphatic carbocycles. The number of benzene rings is 1. The van der Waals surface area contributed by atoms with Crippen molar-refractivity contribution in [1.29, 1.82) is 0 Å². The van der Waals surface area contributed by atoms with Gasteiger partial charge in [-0.3, -0.25) is 9.59 Å². The van der Waals surface area contributed by atoms with Crippen molar-refractivity contribution in [2.75, 3.05) is 6.54 Å². The van der Waals surface area contributed by atoms with Crippen LogP contribution in [0.25, 0.3) is 6.08 Å². The monoisotopic (exact) mass is 280 g/mol. The van der Waals surface area contributed by atoms with E-state index in [2.05, 4.69) is 5.32 Å². The smallest absolute Gasteiger partial charge is 0.329 e. The SMILES string of the molecule is O=C(O)CN1C(=O)N/C(=C\c2ccc(Cl)cc2)C1=O. The zero-order chi connectivity index (χ0) is 14.0. The van der Waals surface area contributed by atoms with Crippen molar-refractivity contribution >= 4 is 35.6 Å². The first-order valence-corrected chi connectivity index (χ1v) is 5.67. The van der Waals surface area contributed by atoms with Crippen molar-refractivity contribution in [3.8, 4) is 0 Å². The summed E-state index contributed by atoms with van der Waals surface area (Å²) in [6.07, 6.45) is 1.46. The number of rotatable bonds is 3. The molecule has 0 aromatic heterocycles. The molecule has 0 radical (unpaired) electrons. The third-order valence-corrected chi connectivity index (χ3v) is 2.69. The molecule has 1 fully saturated rings. The van der Waals surface area contributed by atoms with Crippen molar-refractivity contribution in [3.05, 3.63) is 40.5 Å². The molecule has 1 heterocycles. The number of halogens is 1. The fourth-order valence-corrected chi connectivity index (χ4v) is 1.70. The van der Waals surface area contributed by atoms with E-state index in [1.165, 1.54) is 6.08 Å². The van der Waals surface area contributed by atoms with E-state index in [4.69, 9.17) is 16.7 Å². The van der Waals surface area contributed by atoms with Gasteiger partial charge in [-0.15, -0.1) is 0 Å². The van der Waals surface area contributed by atoms with Crippen LogP contribution >= 0.6 is 11.6 Å². The van der Waals surface area contributed by atoms with Crippen LogP contribution in [0.15, 0.2) is 30.0 Å². The highest BCUT2D eigenvalue weighted by Gasteiger charge is 2.34. The Kier molecular flexibility index (Phi) is 3.52. The summed E-state index contributed by atoms with van der Waals surface area (Å²) in [7, 11) is 0. The van der Waals surface area contributed by atoms with Crippen molar-refractivity contribution < 1.29 is 19.5 Å². The predicted molar refractivity (Wildman–Crippen MR) is 67.3 cm³/mol. The Morgan fingerprint density at radius 3 is 2.53 bits per heavy atom. The molecule has 2 N–H and O–H groups in total. The molecule has 98 valence electrons. The Bertz CT molecular complexity index is 580. The van der Waals surface area contributed by atoms with E-state index >= 15 is 0 Å². The van der Waals surface area contributed by atoms with Crippen molar-refractivity contribution in [1.82, 2.24) is 10.2 Å². The lowest BCUT2D eigenvalue weighted by Crippen LogP contribution is -2.35. The second-order valence-electron chi connectivity index (χ2n) is 3.82. The highest BCUT2D eigenvalue weighted by molar-refractivity contribution is 6.30. The van der Waals surface area contributed by atoms with Gasteiger partial charge >= 0.3 is 12.0 Å². The quantitative estimate of drug-likeness (QED) is 0.646. The average molecular weight is 281 g/mol. The van der Waals surface area contributed by atoms with Gasteiger partial charge in [-0.1, -0.05) is 23.7 Å². The summed E-state index contributed by atoms with van der Waals surface area (Å²) in [5.41, 5.74) is 0.707. The van der Waals surface area contributed by atoms with Crippen LogP contribution in [-0.4, -0.2) is 34.5 Å². The van der Waals surface area contributed by atoms with Gasteiger partial charge in [0, 0.05) is 5.02 Å². The van der Waals surface area contributed by atoms with Crippen LogP contribution in [0.3, 0.4) is 0 Å². The van der Waals surface area contributed by atoms with Gasteiger partial charge in [0.25, 0.3) is 5.91 Å². The number of carbonyl (C=O) groups excluding carboxylic acids is 2. The van der Waals surface area contributed by atoms with E-state index in [1.54, 1.807) is 24.3 Å². The van der Waals surface area contributed by atoms with Crippen LogP contribution in [0.2, 0.25) is 5.02 Å². The number of aliphatic carboxylic acids is 1. The first-order valence-electron chi connectivity index (χ1n) is 5.29. The summed E-state index contributed by atoms with van der Waals surface area (Å²) in [6.45, 7) is -0.664. The molecule has 0 saturated carbocycles. The molecule has 1 saturated heterocycles. The van der Waals surface area contributed by atoms with Gasteiger partial charge in [0.05, 0.1) is 0 Å². The Balaban J connectivity index is 2.23. The van der Waals surface area contributed by atoms with Crippen molar-refractivity contribution in [3.63, 3.8) is 0 Å². The molecule has 2 rings (SSSR count). The molecule has 0 atom stereocenters. The Morgan fingerprint density at radius 2 is 1.95 bits per heavy atom. The van der Waals surface area contributed by atoms with Crippen LogP contribution in [0.1, 0.15) is 5.56 Å². The van der Waals surface area contributed by atoms with Gasteiger partial charge in [0.15, 0.2) is 0 Å². The zero-order valence-corrected chi connectivity index (χ0v) is 10.3. The molecule has 0 bridgehead atoms. The van der Waals surface area contributed by atoms with E-state index in [0.29, 0.717) is 15.5 Å². The highest BCUT2D eigenvalue weighted by atomic mass is 35.5. The summed E-state index contributed by atoms with van der Waals surface area (Å²) in [6, 6.07) is 5.89. The number of hydrogen-bond acceptors (Lipinski definition) is 3. The van der Waals surface area contributed by atoms with E-state index in [1.807, 2.05) is 0 Å². The molecule has 6 nitrogen and oxygen atoms in total. The number of nitrogens with one attached hydrogen (secondary N) is 1. The molecular weight excluding hydrogens is 272 g/mol. The van der Waals surface area contributed by atoms with E-state index in [9.17, 15) is 14.4 Å². The number of nitrogens with zero attached hydrogens (tertiary/aromatic N) is 1. The maximum absolute atomic E-state index is 11.8. The minimum Gasteiger partial charge on any atom is -0.480 e. The number of hydrogen-bond donors (Lipinski definition) is 2. The largest absolute Gasteiger partial charge is 0.480 e. The van der Waals surface area contributed by atoms with Crippen LogP contribution in [-0.2, 0) is 9.59 Å². The molecule has 19 heavy (non-hydrogen) atoms. The lowest BCUT2D eigenvalue weighted by atomic mass is 10.2. The zero-order valence-electron chi connectivity index (χ0n) is 9.59. The molecular formula is C12H9ClN2O4. The van der Waals surface area contributed by atoms with Gasteiger partial charge in [-0.25, -0.2) is 9.69 Å². The summed E-state index contributed by atoms with van der Waals surface area (Å²) in [4.78, 5) is 34.4. The first kappa shape index (κ1) is 13.1. The topological polar surface area (TPSA) is 86.7 Å². The Morgan fingerprint density at radius 1 is 1.32 bits per heavy atom. The minimum atomic E-state index is -1.25. The second kappa shape index (κ2) is 5.11. The van der Waals surface area contributed by atoms with Gasteiger partial charge in [0.1, 0.15) is 12.2 Å². The predicted octanol–water partition coefficient (Wildman–Crippen LogP) is 1.32. The number of carbonyl (C=O) groups is 3. The molecule has 1 aliphatic heterocycles. The number of imide groups is 1. The lowest BCUT2D eigenvalue weighted by molar-refractivity contribution is -0.140. The van der Waals surface area contributed by atoms with Crippen LogP contribution in [0.4, 0.5) is 4.79 Å². The number of amides is 3. The molecule has 1 aliphatic rings. The standard InChI is InChI=1S/C12H9ClN2O4/c13-8-3-1-7(2-4-8)5-9-11(18)15(6-10(16)17)12(19)14-9/h1-5H,6H2,(H,14,19)(H,16,17)/b9-5-. The summed E-state index contributed by atoms with van der Waals surface area (Å²) >= 11 is 5.73. The number of carboxylic acids is 1. The van der Waals surface area contributed by atoms with Crippen molar-refractivity contribution in [2.24, 2.45) is 0 Å². The maximum Gasteiger partial charge on any atom is 0.329 e. The van der Waals surface area contributed by atoms with Gasteiger partial charge < -0.3 is 10.4 Å². The fourth-order valence-electron chi connectivity index (χ4n) is 1.58. The molecule has 0 unspecified atom stereocenters. The van der Waals surface area contributed by atoms with Crippen LogP contribution in [0.5, 0.6) is 0 Å². The third kappa shape index (κ3) is 2.92. The number of urea groups is 1. The summed E-state index contributed by atoms with van der Waals surface area (Å²) in [5.74, 6) is -1.92. The second-order valence-corrected chi connectivity index (χ2v) is 4.26. The van der Waals surface area contributed by atoms with Gasteiger partial charge in [-0.05, 0) is 23.8 Å². The molecule has 1 aromatic carbocycles. The van der Waals surface area contributed by atoms with Crippen LogP contribution in [0, 0.1) is 0 Å². The molecule has 7 heteroatoms. The lowest BCUT2D eigenvalue weighted by Gasteiger charge is -2.06. The van der Waals surface area contributed by atoms with Crippen LogP contribution < -0.4 is 5.32 Å². The molecule has 0 spiro atoms. The van der Waals surface area contributed by atoms with E-state index < -0.39 is 24.5 Å². The van der Waals surface area contributed by atoms with Gasteiger partial charge in [0.2, 0.25) is 0 Å². The first-order chi connectivity index (χ1) is 8.97. The normalized spacial score (nSPS) is 16.9. The maximum atomic E-state index is 11.8. The Labute approximate surface area is 113 Å².